The monoisotopic (exact) mass is 187 g/mol. The van der Waals surface area contributed by atoms with Crippen LogP contribution in [0.3, 0.4) is 0 Å². The zero-order valence-corrected chi connectivity index (χ0v) is 8.03. The first-order valence-electron chi connectivity index (χ1n) is 4.77. The molecule has 1 unspecified atom stereocenters. The van der Waals surface area contributed by atoms with Crippen LogP contribution in [0.15, 0.2) is 0 Å². The molecule has 0 aromatic rings. The van der Waals surface area contributed by atoms with Crippen molar-refractivity contribution in [2.24, 2.45) is 0 Å². The van der Waals surface area contributed by atoms with Crippen LogP contribution in [0.5, 0.6) is 0 Å². The average molecular weight is 187 g/mol. The van der Waals surface area contributed by atoms with E-state index in [0.717, 1.165) is 32.7 Å². The van der Waals surface area contributed by atoms with Gasteiger partial charge in [0.25, 0.3) is 0 Å². The van der Waals surface area contributed by atoms with Crippen molar-refractivity contribution in [1.82, 2.24) is 4.90 Å². The summed E-state index contributed by atoms with van der Waals surface area (Å²) in [6.07, 6.45) is 1.14. The summed E-state index contributed by atoms with van der Waals surface area (Å²) in [5.41, 5.74) is 0. The summed E-state index contributed by atoms with van der Waals surface area (Å²) in [6, 6.07) is 0.182. The quantitative estimate of drug-likeness (QED) is 0.699. The summed E-state index contributed by atoms with van der Waals surface area (Å²) < 4.78 is 5.21. The predicted molar refractivity (Wildman–Crippen MR) is 48.7 cm³/mol. The lowest BCUT2D eigenvalue weighted by Crippen LogP contribution is -2.44. The normalized spacial score (nSPS) is 21.3. The smallest absolute Gasteiger partial charge is 0.304 e. The fraction of sp³-hybridized carbons (Fsp3) is 0.889. The second-order valence-electron chi connectivity index (χ2n) is 3.31. The molecule has 1 saturated heterocycles. The van der Waals surface area contributed by atoms with Gasteiger partial charge in [-0.05, 0) is 6.42 Å². The van der Waals surface area contributed by atoms with Gasteiger partial charge in [-0.15, -0.1) is 0 Å². The van der Waals surface area contributed by atoms with Gasteiger partial charge in [-0.25, -0.2) is 0 Å². The van der Waals surface area contributed by atoms with Crippen LogP contribution in [0, 0.1) is 0 Å². The molecule has 0 aliphatic carbocycles. The van der Waals surface area contributed by atoms with Gasteiger partial charge in [0.05, 0.1) is 19.6 Å². The van der Waals surface area contributed by atoms with Gasteiger partial charge in [0.15, 0.2) is 0 Å². The standard InChI is InChI=1S/C9H17NO3/c1-2-8(7-9(11)12)10-3-5-13-6-4-10/h8H,2-7H2,1H3,(H,11,12). The molecule has 0 saturated carbocycles. The number of carbonyl (C=O) groups is 1. The molecule has 4 nitrogen and oxygen atoms in total. The number of carboxylic acid groups (broad SMARTS) is 1. The molecule has 4 heteroatoms. The highest BCUT2D eigenvalue weighted by Gasteiger charge is 2.21. The van der Waals surface area contributed by atoms with E-state index in [2.05, 4.69) is 4.90 Å². The van der Waals surface area contributed by atoms with Crippen LogP contribution in [-0.4, -0.2) is 48.3 Å². The lowest BCUT2D eigenvalue weighted by molar-refractivity contribution is -0.139. The van der Waals surface area contributed by atoms with E-state index >= 15 is 0 Å². The summed E-state index contributed by atoms with van der Waals surface area (Å²) in [7, 11) is 0. The number of nitrogens with zero attached hydrogens (tertiary/aromatic N) is 1. The van der Waals surface area contributed by atoms with Crippen molar-refractivity contribution in [3.8, 4) is 0 Å². The molecule has 0 radical (unpaired) electrons. The van der Waals surface area contributed by atoms with Crippen LogP contribution in [0.4, 0.5) is 0 Å². The topological polar surface area (TPSA) is 49.8 Å². The minimum atomic E-state index is -0.710. The van der Waals surface area contributed by atoms with E-state index in [1.54, 1.807) is 0 Å². The second kappa shape index (κ2) is 5.19. The van der Waals surface area contributed by atoms with Crippen LogP contribution < -0.4 is 0 Å². The van der Waals surface area contributed by atoms with E-state index in [9.17, 15) is 4.79 Å². The van der Waals surface area contributed by atoms with E-state index in [4.69, 9.17) is 9.84 Å². The number of ether oxygens (including phenoxy) is 1. The SMILES string of the molecule is CCC(CC(=O)O)N1CCOCC1. The molecule has 1 atom stereocenters. The maximum atomic E-state index is 10.6. The van der Waals surface area contributed by atoms with E-state index in [1.165, 1.54) is 0 Å². The first kappa shape index (κ1) is 10.5. The van der Waals surface area contributed by atoms with Gasteiger partial charge in [0.1, 0.15) is 0 Å². The second-order valence-corrected chi connectivity index (χ2v) is 3.31. The largest absolute Gasteiger partial charge is 0.481 e. The lowest BCUT2D eigenvalue weighted by atomic mass is 10.1. The third kappa shape index (κ3) is 3.32. The Morgan fingerprint density at radius 1 is 1.54 bits per heavy atom. The predicted octanol–water partition coefficient (Wildman–Crippen LogP) is 0.572. The van der Waals surface area contributed by atoms with Gasteiger partial charge in [-0.3, -0.25) is 9.69 Å². The van der Waals surface area contributed by atoms with Crippen molar-refractivity contribution in [3.05, 3.63) is 0 Å². The third-order valence-electron chi connectivity index (χ3n) is 2.44. The number of carboxylic acids is 1. The van der Waals surface area contributed by atoms with Crippen molar-refractivity contribution < 1.29 is 14.6 Å². The summed E-state index contributed by atoms with van der Waals surface area (Å²) in [5.74, 6) is -0.710. The molecule has 0 aromatic heterocycles. The Kier molecular flexibility index (Phi) is 4.18. The molecule has 0 amide bonds. The van der Waals surface area contributed by atoms with Crippen molar-refractivity contribution in [2.45, 2.75) is 25.8 Å². The molecule has 1 N–H and O–H groups in total. The molecule has 0 aromatic carbocycles. The van der Waals surface area contributed by atoms with Gasteiger partial charge in [0, 0.05) is 19.1 Å². The molecule has 1 rings (SSSR count). The van der Waals surface area contributed by atoms with Crippen LogP contribution in [0.2, 0.25) is 0 Å². The van der Waals surface area contributed by atoms with Crippen molar-refractivity contribution in [2.75, 3.05) is 26.3 Å². The van der Waals surface area contributed by atoms with Gasteiger partial charge >= 0.3 is 5.97 Å². The van der Waals surface area contributed by atoms with Gasteiger partial charge in [-0.2, -0.15) is 0 Å². The molecule has 13 heavy (non-hydrogen) atoms. The van der Waals surface area contributed by atoms with Crippen LogP contribution >= 0.6 is 0 Å². The highest BCUT2D eigenvalue weighted by molar-refractivity contribution is 5.67. The maximum absolute atomic E-state index is 10.6. The minimum absolute atomic E-state index is 0.182. The zero-order valence-electron chi connectivity index (χ0n) is 8.03. The Morgan fingerprint density at radius 3 is 2.62 bits per heavy atom. The van der Waals surface area contributed by atoms with E-state index in [0.29, 0.717) is 0 Å². The molecule has 1 aliphatic heterocycles. The molecular formula is C9H17NO3. The Morgan fingerprint density at radius 2 is 2.15 bits per heavy atom. The first-order chi connectivity index (χ1) is 6.24. The number of rotatable bonds is 4. The van der Waals surface area contributed by atoms with E-state index in [-0.39, 0.29) is 12.5 Å². The Labute approximate surface area is 78.5 Å². The fourth-order valence-corrected chi connectivity index (χ4v) is 1.68. The zero-order chi connectivity index (χ0) is 9.68. The molecule has 1 aliphatic rings. The lowest BCUT2D eigenvalue weighted by Gasteiger charge is -2.33. The molecule has 1 heterocycles. The molecule has 0 spiro atoms. The Bertz CT molecular complexity index is 166. The summed E-state index contributed by atoms with van der Waals surface area (Å²) in [5, 5.41) is 8.69. The van der Waals surface area contributed by atoms with Gasteiger partial charge in [-0.1, -0.05) is 6.92 Å². The molecular weight excluding hydrogens is 170 g/mol. The van der Waals surface area contributed by atoms with E-state index in [1.807, 2.05) is 6.92 Å². The summed E-state index contributed by atoms with van der Waals surface area (Å²) in [4.78, 5) is 12.8. The maximum Gasteiger partial charge on any atom is 0.304 e. The third-order valence-corrected chi connectivity index (χ3v) is 2.44. The van der Waals surface area contributed by atoms with Crippen LogP contribution in [-0.2, 0) is 9.53 Å². The summed E-state index contributed by atoms with van der Waals surface area (Å²) in [6.45, 7) is 5.23. The Balaban J connectivity index is 2.39. The van der Waals surface area contributed by atoms with Crippen LogP contribution in [0.1, 0.15) is 19.8 Å². The molecule has 0 bridgehead atoms. The number of aliphatic carboxylic acids is 1. The van der Waals surface area contributed by atoms with Crippen molar-refractivity contribution in [3.63, 3.8) is 0 Å². The minimum Gasteiger partial charge on any atom is -0.481 e. The van der Waals surface area contributed by atoms with E-state index < -0.39 is 5.97 Å². The summed E-state index contributed by atoms with van der Waals surface area (Å²) >= 11 is 0. The first-order valence-corrected chi connectivity index (χ1v) is 4.77. The van der Waals surface area contributed by atoms with Gasteiger partial charge in [0.2, 0.25) is 0 Å². The van der Waals surface area contributed by atoms with Crippen LogP contribution in [0.25, 0.3) is 0 Å². The van der Waals surface area contributed by atoms with Crippen molar-refractivity contribution >= 4 is 5.97 Å². The molecule has 76 valence electrons. The average Bonchev–Trinajstić information content (AvgIpc) is 2.15. The van der Waals surface area contributed by atoms with Gasteiger partial charge < -0.3 is 9.84 Å². The number of hydrogen-bond donors (Lipinski definition) is 1. The highest BCUT2D eigenvalue weighted by Crippen LogP contribution is 2.10. The Hall–Kier alpha value is -0.610. The highest BCUT2D eigenvalue weighted by atomic mass is 16.5. The number of hydrogen-bond acceptors (Lipinski definition) is 3. The fourth-order valence-electron chi connectivity index (χ4n) is 1.68. The molecule has 1 fully saturated rings. The number of morpholine rings is 1. The van der Waals surface area contributed by atoms with Crippen molar-refractivity contribution in [1.29, 1.82) is 0 Å².